The zero-order valence-electron chi connectivity index (χ0n) is 10.5. The van der Waals surface area contributed by atoms with Gasteiger partial charge in [0, 0.05) is 16.1 Å². The van der Waals surface area contributed by atoms with Gasteiger partial charge in [0.2, 0.25) is 5.91 Å². The van der Waals surface area contributed by atoms with Crippen molar-refractivity contribution in [1.29, 1.82) is 0 Å². The van der Waals surface area contributed by atoms with E-state index in [0.717, 1.165) is 0 Å². The Hall–Kier alpha value is -1.75. The van der Waals surface area contributed by atoms with Gasteiger partial charge in [0.25, 0.3) is 0 Å². The van der Waals surface area contributed by atoms with Gasteiger partial charge in [-0.05, 0) is 24.3 Å². The van der Waals surface area contributed by atoms with Gasteiger partial charge in [0.1, 0.15) is 0 Å². The van der Waals surface area contributed by atoms with Crippen molar-refractivity contribution in [3.63, 3.8) is 0 Å². The highest BCUT2D eigenvalue weighted by Gasteiger charge is 2.21. The van der Waals surface area contributed by atoms with Gasteiger partial charge in [-0.2, -0.15) is 0 Å². The van der Waals surface area contributed by atoms with Crippen LogP contribution in [-0.4, -0.2) is 11.9 Å². The Kier molecular flexibility index (Phi) is 4.55. The molecule has 0 unspecified atom stereocenters. The second kappa shape index (κ2) is 5.73. The maximum Gasteiger partial charge on any atom is 0.337 e. The number of nitrogens with one attached hydrogen (secondary N) is 3. The summed E-state index contributed by atoms with van der Waals surface area (Å²) in [6.45, 7) is 5.25. The molecule has 1 aromatic carbocycles. The Bertz CT molecular complexity index is 438. The Morgan fingerprint density at radius 1 is 1.06 bits per heavy atom. The van der Waals surface area contributed by atoms with Crippen molar-refractivity contribution < 1.29 is 9.59 Å². The van der Waals surface area contributed by atoms with Gasteiger partial charge < -0.3 is 5.32 Å². The molecule has 5 nitrogen and oxygen atoms in total. The van der Waals surface area contributed by atoms with Crippen LogP contribution in [0.2, 0.25) is 5.02 Å². The van der Waals surface area contributed by atoms with Crippen LogP contribution in [0.3, 0.4) is 0 Å². The molecule has 0 radical (unpaired) electrons. The number of anilines is 1. The summed E-state index contributed by atoms with van der Waals surface area (Å²) in [5.41, 5.74) is 4.62. The number of rotatable bonds is 1. The van der Waals surface area contributed by atoms with Gasteiger partial charge in [-0.25, -0.2) is 10.2 Å². The van der Waals surface area contributed by atoms with Crippen molar-refractivity contribution in [1.82, 2.24) is 10.9 Å². The zero-order valence-corrected chi connectivity index (χ0v) is 11.3. The Balaban J connectivity index is 2.43. The van der Waals surface area contributed by atoms with Gasteiger partial charge in [-0.3, -0.25) is 10.2 Å². The minimum absolute atomic E-state index is 0.270. The number of hydrogen-bond acceptors (Lipinski definition) is 2. The molecular weight excluding hydrogens is 254 g/mol. The van der Waals surface area contributed by atoms with Crippen LogP contribution in [0.1, 0.15) is 20.8 Å². The third-order valence-corrected chi connectivity index (χ3v) is 2.32. The van der Waals surface area contributed by atoms with Crippen molar-refractivity contribution in [3.8, 4) is 0 Å². The van der Waals surface area contributed by atoms with Crippen molar-refractivity contribution in [3.05, 3.63) is 29.3 Å². The largest absolute Gasteiger partial charge is 0.337 e. The molecule has 18 heavy (non-hydrogen) atoms. The molecule has 0 aliphatic heterocycles. The number of halogens is 1. The van der Waals surface area contributed by atoms with E-state index in [4.69, 9.17) is 11.6 Å². The van der Waals surface area contributed by atoms with Crippen LogP contribution in [0.25, 0.3) is 0 Å². The van der Waals surface area contributed by atoms with E-state index < -0.39 is 11.4 Å². The molecule has 0 atom stereocenters. The first kappa shape index (κ1) is 14.3. The number of urea groups is 1. The minimum atomic E-state index is -0.562. The Labute approximate surface area is 111 Å². The standard InChI is InChI=1S/C12H16ClN3O2/c1-12(2,3)10(17)15-16-11(18)14-9-6-4-8(13)5-7-9/h4-7H,1-3H3,(H,15,17)(H2,14,16,18). The van der Waals surface area contributed by atoms with Crippen LogP contribution in [-0.2, 0) is 4.79 Å². The molecule has 0 aliphatic carbocycles. The van der Waals surface area contributed by atoms with Gasteiger partial charge in [-0.1, -0.05) is 32.4 Å². The Morgan fingerprint density at radius 2 is 1.61 bits per heavy atom. The fourth-order valence-electron chi connectivity index (χ4n) is 0.997. The summed E-state index contributed by atoms with van der Waals surface area (Å²) in [4.78, 5) is 23.0. The summed E-state index contributed by atoms with van der Waals surface area (Å²) in [6, 6.07) is 6.12. The first-order valence-electron chi connectivity index (χ1n) is 5.42. The molecule has 3 amide bonds. The molecule has 0 aliphatic rings. The lowest BCUT2D eigenvalue weighted by atomic mass is 9.96. The van der Waals surface area contributed by atoms with Crippen LogP contribution in [0.15, 0.2) is 24.3 Å². The molecule has 0 saturated carbocycles. The number of carbonyl (C=O) groups is 2. The summed E-state index contributed by atoms with van der Waals surface area (Å²) in [7, 11) is 0. The summed E-state index contributed by atoms with van der Waals surface area (Å²) in [6.07, 6.45) is 0. The van der Waals surface area contributed by atoms with Crippen molar-refractivity contribution in [2.45, 2.75) is 20.8 Å². The summed E-state index contributed by atoms with van der Waals surface area (Å²) in [5.74, 6) is -0.270. The van der Waals surface area contributed by atoms with Crippen LogP contribution < -0.4 is 16.2 Å². The molecule has 0 aromatic heterocycles. The third kappa shape index (κ3) is 4.63. The van der Waals surface area contributed by atoms with Gasteiger partial charge in [0.05, 0.1) is 0 Å². The maximum atomic E-state index is 11.5. The number of benzene rings is 1. The number of hydrazine groups is 1. The first-order valence-corrected chi connectivity index (χ1v) is 5.80. The number of carbonyl (C=O) groups excluding carboxylic acids is 2. The average molecular weight is 270 g/mol. The van der Waals surface area contributed by atoms with Gasteiger partial charge in [0.15, 0.2) is 0 Å². The zero-order chi connectivity index (χ0) is 13.8. The third-order valence-electron chi connectivity index (χ3n) is 2.07. The first-order chi connectivity index (χ1) is 8.29. The van der Waals surface area contributed by atoms with Gasteiger partial charge in [-0.15, -0.1) is 0 Å². The quantitative estimate of drug-likeness (QED) is 0.686. The van der Waals surface area contributed by atoms with Crippen molar-refractivity contribution in [2.75, 3.05) is 5.32 Å². The smallest absolute Gasteiger partial charge is 0.307 e. The normalized spacial score (nSPS) is 10.7. The molecule has 0 saturated heterocycles. The monoisotopic (exact) mass is 269 g/mol. The molecule has 0 heterocycles. The molecular formula is C12H16ClN3O2. The van der Waals surface area contributed by atoms with E-state index in [1.54, 1.807) is 45.0 Å². The van der Waals surface area contributed by atoms with E-state index in [1.165, 1.54) is 0 Å². The van der Waals surface area contributed by atoms with Crippen molar-refractivity contribution >= 4 is 29.2 Å². The maximum absolute atomic E-state index is 11.5. The molecule has 6 heteroatoms. The van der Waals surface area contributed by atoms with Crippen LogP contribution in [0.4, 0.5) is 10.5 Å². The molecule has 0 bridgehead atoms. The highest BCUT2D eigenvalue weighted by molar-refractivity contribution is 6.30. The predicted molar refractivity (Wildman–Crippen MR) is 71.2 cm³/mol. The highest BCUT2D eigenvalue weighted by atomic mass is 35.5. The summed E-state index contributed by atoms with van der Waals surface area (Å²) < 4.78 is 0. The van der Waals surface area contributed by atoms with Crippen LogP contribution in [0.5, 0.6) is 0 Å². The van der Waals surface area contributed by atoms with E-state index in [-0.39, 0.29) is 5.91 Å². The molecule has 0 spiro atoms. The topological polar surface area (TPSA) is 70.2 Å². The fraction of sp³-hybridized carbons (Fsp3) is 0.333. The summed E-state index contributed by atoms with van der Waals surface area (Å²) >= 11 is 5.72. The van der Waals surface area contributed by atoms with E-state index in [1.807, 2.05) is 0 Å². The SMILES string of the molecule is CC(C)(C)C(=O)NNC(=O)Nc1ccc(Cl)cc1. The van der Waals surface area contributed by atoms with Crippen LogP contribution >= 0.6 is 11.6 Å². The lowest BCUT2D eigenvalue weighted by Crippen LogP contribution is -2.48. The van der Waals surface area contributed by atoms with E-state index in [0.29, 0.717) is 10.7 Å². The van der Waals surface area contributed by atoms with E-state index >= 15 is 0 Å². The second-order valence-corrected chi connectivity index (χ2v) is 5.23. The summed E-state index contributed by atoms with van der Waals surface area (Å²) in [5, 5.41) is 3.14. The Morgan fingerprint density at radius 3 is 2.11 bits per heavy atom. The molecule has 0 fully saturated rings. The van der Waals surface area contributed by atoms with Crippen LogP contribution in [0, 0.1) is 5.41 Å². The number of hydrogen-bond donors (Lipinski definition) is 3. The van der Waals surface area contributed by atoms with Gasteiger partial charge >= 0.3 is 6.03 Å². The van der Waals surface area contributed by atoms with E-state index in [9.17, 15) is 9.59 Å². The molecule has 98 valence electrons. The second-order valence-electron chi connectivity index (χ2n) is 4.79. The average Bonchev–Trinajstić information content (AvgIpc) is 2.28. The molecule has 1 rings (SSSR count). The highest BCUT2D eigenvalue weighted by Crippen LogP contribution is 2.13. The lowest BCUT2D eigenvalue weighted by Gasteiger charge is -2.18. The van der Waals surface area contributed by atoms with Crippen molar-refractivity contribution in [2.24, 2.45) is 5.41 Å². The molecule has 1 aromatic rings. The molecule has 3 N–H and O–H groups in total. The number of amides is 3. The predicted octanol–water partition coefficient (Wildman–Crippen LogP) is 2.54. The lowest BCUT2D eigenvalue weighted by molar-refractivity contribution is -0.129. The van der Waals surface area contributed by atoms with E-state index in [2.05, 4.69) is 16.2 Å². The fourth-order valence-corrected chi connectivity index (χ4v) is 1.12. The minimum Gasteiger partial charge on any atom is -0.307 e.